The molecule has 17 heavy (non-hydrogen) atoms. The summed E-state index contributed by atoms with van der Waals surface area (Å²) in [7, 11) is 0. The highest BCUT2D eigenvalue weighted by molar-refractivity contribution is 5.59. The van der Waals surface area contributed by atoms with E-state index in [1.54, 1.807) is 12.1 Å². The summed E-state index contributed by atoms with van der Waals surface area (Å²) in [4.78, 5) is 10.2. The lowest BCUT2D eigenvalue weighted by molar-refractivity contribution is -0.385. The van der Waals surface area contributed by atoms with Gasteiger partial charge in [0, 0.05) is 17.8 Å². The van der Waals surface area contributed by atoms with Crippen molar-refractivity contribution < 1.29 is 10.0 Å². The third kappa shape index (κ3) is 2.34. The lowest BCUT2D eigenvalue weighted by Gasteiger charge is -2.32. The van der Waals surface area contributed by atoms with Gasteiger partial charge in [-0.05, 0) is 25.0 Å². The summed E-state index contributed by atoms with van der Waals surface area (Å²) < 4.78 is 0. The van der Waals surface area contributed by atoms with Crippen molar-refractivity contribution in [3.63, 3.8) is 0 Å². The van der Waals surface area contributed by atoms with Gasteiger partial charge >= 0.3 is 0 Å². The van der Waals surface area contributed by atoms with Crippen LogP contribution in [0.3, 0.4) is 0 Å². The molecule has 88 valence electrons. The van der Waals surface area contributed by atoms with Crippen molar-refractivity contribution in [2.75, 3.05) is 5.32 Å². The summed E-state index contributed by atoms with van der Waals surface area (Å²) in [5.74, 6) is 0. The van der Waals surface area contributed by atoms with Crippen LogP contribution in [0.4, 0.5) is 11.4 Å². The molecule has 0 spiro atoms. The minimum Gasteiger partial charge on any atom is -0.393 e. The number of benzene rings is 1. The number of aliphatic hydroxyl groups is 1. The predicted octanol–water partition coefficient (Wildman–Crippen LogP) is 1.40. The summed E-state index contributed by atoms with van der Waals surface area (Å²) in [5, 5.41) is 31.7. The van der Waals surface area contributed by atoms with Crippen LogP contribution in [-0.2, 0) is 0 Å². The summed E-state index contributed by atoms with van der Waals surface area (Å²) >= 11 is 0. The molecule has 1 aromatic rings. The zero-order chi connectivity index (χ0) is 12.4. The Bertz CT molecular complexity index is 489. The van der Waals surface area contributed by atoms with E-state index in [4.69, 9.17) is 10.4 Å². The highest BCUT2D eigenvalue weighted by atomic mass is 16.6. The zero-order valence-electron chi connectivity index (χ0n) is 8.96. The van der Waals surface area contributed by atoms with Gasteiger partial charge < -0.3 is 10.4 Å². The predicted molar refractivity (Wildman–Crippen MR) is 60.5 cm³/mol. The number of hydrogen-bond acceptors (Lipinski definition) is 5. The van der Waals surface area contributed by atoms with E-state index in [1.165, 1.54) is 12.1 Å². The molecular weight excluding hydrogens is 222 g/mol. The fourth-order valence-electron chi connectivity index (χ4n) is 1.81. The van der Waals surface area contributed by atoms with Crippen LogP contribution < -0.4 is 5.32 Å². The van der Waals surface area contributed by atoms with E-state index in [-0.39, 0.29) is 23.4 Å². The standard InChI is InChI=1S/C11H11N3O3/c12-6-7-1-2-8(5-11(7)14(16)17)13-9-3-10(15)4-9/h1-2,5,9-10,13,15H,3-4H2. The van der Waals surface area contributed by atoms with Crippen LogP contribution in [0.1, 0.15) is 18.4 Å². The lowest BCUT2D eigenvalue weighted by Crippen LogP contribution is -2.38. The molecule has 0 unspecified atom stereocenters. The average Bonchev–Trinajstić information content (AvgIpc) is 2.27. The Balaban J connectivity index is 2.17. The van der Waals surface area contributed by atoms with E-state index >= 15 is 0 Å². The van der Waals surface area contributed by atoms with E-state index in [1.807, 2.05) is 0 Å². The first-order chi connectivity index (χ1) is 8.10. The number of nitrogens with zero attached hydrogens (tertiary/aromatic N) is 2. The number of nitriles is 1. The van der Waals surface area contributed by atoms with E-state index < -0.39 is 4.92 Å². The molecule has 0 atom stereocenters. The molecule has 0 heterocycles. The van der Waals surface area contributed by atoms with E-state index in [9.17, 15) is 10.1 Å². The molecule has 2 N–H and O–H groups in total. The van der Waals surface area contributed by atoms with E-state index in [2.05, 4.69) is 5.32 Å². The smallest absolute Gasteiger partial charge is 0.289 e. The fourth-order valence-corrected chi connectivity index (χ4v) is 1.81. The second kappa shape index (κ2) is 4.39. The molecule has 0 aromatic heterocycles. The number of hydrogen-bond donors (Lipinski definition) is 2. The quantitative estimate of drug-likeness (QED) is 0.607. The topological polar surface area (TPSA) is 99.2 Å². The molecule has 0 radical (unpaired) electrons. The van der Waals surface area contributed by atoms with Crippen molar-refractivity contribution in [2.24, 2.45) is 0 Å². The molecule has 1 aliphatic carbocycles. The Morgan fingerprint density at radius 1 is 1.53 bits per heavy atom. The Kier molecular flexibility index (Phi) is 2.93. The van der Waals surface area contributed by atoms with Crippen LogP contribution in [0.2, 0.25) is 0 Å². The first kappa shape index (κ1) is 11.4. The lowest BCUT2D eigenvalue weighted by atomic mass is 9.89. The van der Waals surface area contributed by atoms with Crippen molar-refractivity contribution in [2.45, 2.75) is 25.0 Å². The van der Waals surface area contributed by atoms with Gasteiger partial charge in [0.1, 0.15) is 11.6 Å². The van der Waals surface area contributed by atoms with E-state index in [0.717, 1.165) is 0 Å². The molecule has 2 rings (SSSR count). The highest BCUT2D eigenvalue weighted by Gasteiger charge is 2.27. The van der Waals surface area contributed by atoms with Crippen LogP contribution in [0.5, 0.6) is 0 Å². The number of aliphatic hydroxyl groups excluding tert-OH is 1. The van der Waals surface area contributed by atoms with Crippen LogP contribution in [-0.4, -0.2) is 22.2 Å². The van der Waals surface area contributed by atoms with Crippen LogP contribution in [0, 0.1) is 21.4 Å². The van der Waals surface area contributed by atoms with Crippen molar-refractivity contribution in [3.05, 3.63) is 33.9 Å². The molecule has 0 amide bonds. The van der Waals surface area contributed by atoms with Gasteiger partial charge in [-0.3, -0.25) is 10.1 Å². The molecule has 6 heteroatoms. The molecule has 1 aliphatic rings. The van der Waals surface area contributed by atoms with Gasteiger partial charge in [-0.15, -0.1) is 0 Å². The Morgan fingerprint density at radius 2 is 2.24 bits per heavy atom. The third-order valence-corrected chi connectivity index (χ3v) is 2.80. The Labute approximate surface area is 97.6 Å². The second-order valence-electron chi connectivity index (χ2n) is 4.07. The van der Waals surface area contributed by atoms with Gasteiger partial charge in [0.15, 0.2) is 0 Å². The molecule has 6 nitrogen and oxygen atoms in total. The van der Waals surface area contributed by atoms with Crippen molar-refractivity contribution in [3.8, 4) is 6.07 Å². The van der Waals surface area contributed by atoms with E-state index in [0.29, 0.717) is 18.5 Å². The highest BCUT2D eigenvalue weighted by Crippen LogP contribution is 2.27. The third-order valence-electron chi connectivity index (χ3n) is 2.80. The number of anilines is 1. The minimum absolute atomic E-state index is 0.0502. The van der Waals surface area contributed by atoms with Gasteiger partial charge in [0.05, 0.1) is 11.0 Å². The Morgan fingerprint density at radius 3 is 2.76 bits per heavy atom. The summed E-state index contributed by atoms with van der Waals surface area (Å²) in [6.45, 7) is 0. The van der Waals surface area contributed by atoms with Gasteiger partial charge in [0.25, 0.3) is 5.69 Å². The summed E-state index contributed by atoms with van der Waals surface area (Å²) in [6, 6.07) is 6.35. The first-order valence-corrected chi connectivity index (χ1v) is 5.23. The molecule has 1 aromatic carbocycles. The average molecular weight is 233 g/mol. The maximum Gasteiger partial charge on any atom is 0.289 e. The summed E-state index contributed by atoms with van der Waals surface area (Å²) in [5.41, 5.74) is 0.458. The second-order valence-corrected chi connectivity index (χ2v) is 4.07. The number of nitro groups is 1. The minimum atomic E-state index is -0.570. The maximum absolute atomic E-state index is 10.7. The zero-order valence-corrected chi connectivity index (χ0v) is 8.96. The van der Waals surface area contributed by atoms with Crippen LogP contribution >= 0.6 is 0 Å². The van der Waals surface area contributed by atoms with Crippen LogP contribution in [0.15, 0.2) is 18.2 Å². The molecule has 0 aliphatic heterocycles. The number of nitro benzene ring substituents is 1. The molecule has 1 fully saturated rings. The van der Waals surface area contributed by atoms with Gasteiger partial charge in [0.2, 0.25) is 0 Å². The largest absolute Gasteiger partial charge is 0.393 e. The molecule has 0 saturated heterocycles. The van der Waals surface area contributed by atoms with Gasteiger partial charge in [-0.2, -0.15) is 5.26 Å². The Hall–Kier alpha value is -2.13. The van der Waals surface area contributed by atoms with Crippen LogP contribution in [0.25, 0.3) is 0 Å². The summed E-state index contributed by atoms with van der Waals surface area (Å²) in [6.07, 6.45) is 1.02. The first-order valence-electron chi connectivity index (χ1n) is 5.23. The van der Waals surface area contributed by atoms with Crippen molar-refractivity contribution in [1.82, 2.24) is 0 Å². The molecule has 1 saturated carbocycles. The van der Waals surface area contributed by atoms with Gasteiger partial charge in [-0.25, -0.2) is 0 Å². The van der Waals surface area contributed by atoms with Gasteiger partial charge in [-0.1, -0.05) is 0 Å². The normalized spacial score (nSPS) is 22.4. The van der Waals surface area contributed by atoms with Crippen molar-refractivity contribution in [1.29, 1.82) is 5.26 Å². The molecule has 0 bridgehead atoms. The number of rotatable bonds is 3. The molecular formula is C11H11N3O3. The fraction of sp³-hybridized carbons (Fsp3) is 0.364. The monoisotopic (exact) mass is 233 g/mol. The van der Waals surface area contributed by atoms with Crippen molar-refractivity contribution >= 4 is 11.4 Å². The number of nitrogens with one attached hydrogen (secondary N) is 1. The SMILES string of the molecule is N#Cc1ccc(NC2CC(O)C2)cc1[N+](=O)[O-]. The maximum atomic E-state index is 10.7.